The maximum atomic E-state index is 12.9. The highest BCUT2D eigenvalue weighted by atomic mass is 32.1. The molecule has 3 aromatic rings. The van der Waals surface area contributed by atoms with Gasteiger partial charge in [0, 0.05) is 31.6 Å². The Morgan fingerprint density at radius 1 is 1.20 bits per heavy atom. The summed E-state index contributed by atoms with van der Waals surface area (Å²) in [5.74, 6) is 2.17. The van der Waals surface area contributed by atoms with Crippen molar-refractivity contribution in [1.82, 2.24) is 14.8 Å². The number of amides is 1. The van der Waals surface area contributed by atoms with Crippen LogP contribution in [-0.4, -0.2) is 54.0 Å². The van der Waals surface area contributed by atoms with E-state index < -0.39 is 0 Å². The highest BCUT2D eigenvalue weighted by Gasteiger charge is 2.28. The fourth-order valence-corrected chi connectivity index (χ4v) is 4.29. The van der Waals surface area contributed by atoms with Crippen LogP contribution < -0.4 is 4.74 Å². The summed E-state index contributed by atoms with van der Waals surface area (Å²) in [5.41, 5.74) is 1.36. The van der Waals surface area contributed by atoms with E-state index in [1.807, 2.05) is 43.3 Å². The SMILES string of the molecule is COc1ccc(C(C#N)N2CCN(C(=O)c3csc(-c4ccc(C)o4)n3)CC2)cc1. The zero-order chi connectivity index (χ0) is 21.1. The van der Waals surface area contributed by atoms with Crippen molar-refractivity contribution >= 4 is 17.2 Å². The minimum absolute atomic E-state index is 0.0848. The van der Waals surface area contributed by atoms with Gasteiger partial charge in [0.2, 0.25) is 0 Å². The van der Waals surface area contributed by atoms with Crippen molar-refractivity contribution in [3.05, 3.63) is 58.8 Å². The maximum absolute atomic E-state index is 12.9. The Kier molecular flexibility index (Phi) is 5.84. The van der Waals surface area contributed by atoms with Crippen LogP contribution in [0.4, 0.5) is 0 Å². The van der Waals surface area contributed by atoms with Gasteiger partial charge in [0.15, 0.2) is 10.8 Å². The number of aromatic nitrogens is 1. The number of carbonyl (C=O) groups excluding carboxylic acids is 1. The number of nitrogens with zero attached hydrogens (tertiary/aromatic N) is 4. The van der Waals surface area contributed by atoms with Crippen molar-refractivity contribution in [3.63, 3.8) is 0 Å². The van der Waals surface area contributed by atoms with Crippen LogP contribution in [-0.2, 0) is 0 Å². The molecule has 0 saturated carbocycles. The fraction of sp³-hybridized carbons (Fsp3) is 0.318. The third kappa shape index (κ3) is 4.08. The van der Waals surface area contributed by atoms with Gasteiger partial charge in [-0.1, -0.05) is 12.1 Å². The number of nitriles is 1. The Morgan fingerprint density at radius 2 is 1.93 bits per heavy atom. The van der Waals surface area contributed by atoms with E-state index in [1.54, 1.807) is 17.4 Å². The highest BCUT2D eigenvalue weighted by molar-refractivity contribution is 7.13. The first-order valence-corrected chi connectivity index (χ1v) is 10.6. The molecule has 1 aliphatic rings. The summed E-state index contributed by atoms with van der Waals surface area (Å²) in [6.45, 7) is 4.25. The first-order valence-electron chi connectivity index (χ1n) is 9.68. The zero-order valence-electron chi connectivity index (χ0n) is 16.9. The Labute approximate surface area is 179 Å². The smallest absolute Gasteiger partial charge is 0.273 e. The third-order valence-electron chi connectivity index (χ3n) is 5.19. The molecule has 2 aromatic heterocycles. The summed E-state index contributed by atoms with van der Waals surface area (Å²) in [6.07, 6.45) is 0. The molecule has 3 heterocycles. The number of piperazine rings is 1. The van der Waals surface area contributed by atoms with Gasteiger partial charge in [-0.2, -0.15) is 5.26 Å². The monoisotopic (exact) mass is 422 g/mol. The molecular weight excluding hydrogens is 400 g/mol. The van der Waals surface area contributed by atoms with Gasteiger partial charge in [0.25, 0.3) is 5.91 Å². The van der Waals surface area contributed by atoms with Crippen LogP contribution in [0, 0.1) is 18.3 Å². The Balaban J connectivity index is 1.39. The van der Waals surface area contributed by atoms with Crippen molar-refractivity contribution in [2.75, 3.05) is 33.3 Å². The second-order valence-electron chi connectivity index (χ2n) is 7.08. The lowest BCUT2D eigenvalue weighted by atomic mass is 10.1. The number of aryl methyl sites for hydroxylation is 1. The summed E-state index contributed by atoms with van der Waals surface area (Å²) in [7, 11) is 1.62. The molecule has 1 fully saturated rings. The second kappa shape index (κ2) is 8.69. The molecule has 154 valence electrons. The number of hydrogen-bond donors (Lipinski definition) is 0. The predicted octanol–water partition coefficient (Wildman–Crippen LogP) is 3.74. The first kappa shape index (κ1) is 20.1. The van der Waals surface area contributed by atoms with Gasteiger partial charge in [0.05, 0.1) is 13.2 Å². The van der Waals surface area contributed by atoms with Crippen molar-refractivity contribution in [2.45, 2.75) is 13.0 Å². The van der Waals surface area contributed by atoms with E-state index in [0.29, 0.717) is 42.6 Å². The van der Waals surface area contributed by atoms with Crippen LogP contribution in [0.5, 0.6) is 5.75 Å². The Hall–Kier alpha value is -3.15. The van der Waals surface area contributed by atoms with Gasteiger partial charge in [-0.25, -0.2) is 4.98 Å². The molecule has 1 aromatic carbocycles. The molecule has 0 radical (unpaired) electrons. The summed E-state index contributed by atoms with van der Waals surface area (Å²) in [4.78, 5) is 21.2. The predicted molar refractivity (Wildman–Crippen MR) is 113 cm³/mol. The summed E-state index contributed by atoms with van der Waals surface area (Å²) in [5, 5.41) is 12.2. The molecule has 7 nitrogen and oxygen atoms in total. The minimum atomic E-state index is -0.346. The van der Waals surface area contributed by atoms with Crippen molar-refractivity contribution in [3.8, 4) is 22.6 Å². The van der Waals surface area contributed by atoms with E-state index in [1.165, 1.54) is 11.3 Å². The number of ether oxygens (including phenoxy) is 1. The maximum Gasteiger partial charge on any atom is 0.273 e. The van der Waals surface area contributed by atoms with Crippen molar-refractivity contribution in [2.24, 2.45) is 0 Å². The van der Waals surface area contributed by atoms with Crippen LogP contribution in [0.1, 0.15) is 27.9 Å². The molecule has 1 saturated heterocycles. The Bertz CT molecular complexity index is 1060. The molecule has 0 N–H and O–H groups in total. The topological polar surface area (TPSA) is 82.6 Å². The number of benzene rings is 1. The van der Waals surface area contributed by atoms with Crippen LogP contribution >= 0.6 is 11.3 Å². The lowest BCUT2D eigenvalue weighted by molar-refractivity contribution is 0.0601. The van der Waals surface area contributed by atoms with Gasteiger partial charge in [-0.05, 0) is 36.8 Å². The minimum Gasteiger partial charge on any atom is -0.497 e. The van der Waals surface area contributed by atoms with Crippen LogP contribution in [0.15, 0.2) is 46.2 Å². The Morgan fingerprint density at radius 3 is 2.53 bits per heavy atom. The van der Waals surface area contributed by atoms with Crippen molar-refractivity contribution < 1.29 is 13.9 Å². The highest BCUT2D eigenvalue weighted by Crippen LogP contribution is 2.27. The van der Waals surface area contributed by atoms with Crippen LogP contribution in [0.25, 0.3) is 10.8 Å². The van der Waals surface area contributed by atoms with Gasteiger partial charge in [-0.3, -0.25) is 9.69 Å². The van der Waals surface area contributed by atoms with Gasteiger partial charge < -0.3 is 14.1 Å². The standard InChI is InChI=1S/C22H22N4O3S/c1-15-3-8-20(29-15)21-24-18(14-30-21)22(27)26-11-9-25(10-12-26)19(13-23)16-4-6-17(28-2)7-5-16/h3-8,14,19H,9-12H2,1-2H3. The molecule has 1 aliphatic heterocycles. The second-order valence-corrected chi connectivity index (χ2v) is 7.94. The lowest BCUT2D eigenvalue weighted by Gasteiger charge is -2.36. The summed E-state index contributed by atoms with van der Waals surface area (Å²) in [6, 6.07) is 13.3. The number of rotatable bonds is 5. The first-order chi connectivity index (χ1) is 14.6. The van der Waals surface area contributed by atoms with Crippen LogP contribution in [0.3, 0.4) is 0 Å². The molecular formula is C22H22N4O3S. The van der Waals surface area contributed by atoms with E-state index in [0.717, 1.165) is 17.1 Å². The van der Waals surface area contributed by atoms with Crippen LogP contribution in [0.2, 0.25) is 0 Å². The average Bonchev–Trinajstić information content (AvgIpc) is 3.44. The normalized spacial score (nSPS) is 15.6. The van der Waals surface area contributed by atoms with E-state index in [4.69, 9.17) is 9.15 Å². The molecule has 0 aliphatic carbocycles. The largest absolute Gasteiger partial charge is 0.497 e. The number of carbonyl (C=O) groups is 1. The van der Waals surface area contributed by atoms with E-state index in [2.05, 4.69) is 16.0 Å². The fourth-order valence-electron chi connectivity index (χ4n) is 3.53. The average molecular weight is 423 g/mol. The summed E-state index contributed by atoms with van der Waals surface area (Å²) < 4.78 is 10.8. The molecule has 4 rings (SSSR count). The summed E-state index contributed by atoms with van der Waals surface area (Å²) >= 11 is 1.40. The lowest BCUT2D eigenvalue weighted by Crippen LogP contribution is -2.49. The molecule has 0 spiro atoms. The number of methoxy groups -OCH3 is 1. The molecule has 1 atom stereocenters. The number of thiazole rings is 1. The molecule has 30 heavy (non-hydrogen) atoms. The number of hydrogen-bond acceptors (Lipinski definition) is 7. The van der Waals surface area contributed by atoms with Gasteiger partial charge >= 0.3 is 0 Å². The van der Waals surface area contributed by atoms with Crippen molar-refractivity contribution in [1.29, 1.82) is 5.26 Å². The quantitative estimate of drug-likeness (QED) is 0.623. The number of furan rings is 1. The molecule has 0 bridgehead atoms. The molecule has 8 heteroatoms. The molecule has 1 amide bonds. The van der Waals surface area contributed by atoms with E-state index >= 15 is 0 Å². The van der Waals surface area contributed by atoms with Gasteiger partial charge in [0.1, 0.15) is 23.2 Å². The van der Waals surface area contributed by atoms with Gasteiger partial charge in [-0.15, -0.1) is 11.3 Å². The third-order valence-corrected chi connectivity index (χ3v) is 6.05. The van der Waals surface area contributed by atoms with E-state index in [-0.39, 0.29) is 11.9 Å². The zero-order valence-corrected chi connectivity index (χ0v) is 17.7. The van der Waals surface area contributed by atoms with E-state index in [9.17, 15) is 10.1 Å². The molecule has 1 unspecified atom stereocenters.